The zero-order chi connectivity index (χ0) is 15.4. The molecule has 0 saturated carbocycles. The van der Waals surface area contributed by atoms with Crippen LogP contribution in [0.3, 0.4) is 0 Å². The fraction of sp³-hybridized carbons (Fsp3) is 0.0667. The Kier molecular flexibility index (Phi) is 4.08. The molecule has 0 aromatic heterocycles. The number of ether oxygens (including phenoxy) is 1. The molecule has 0 radical (unpaired) electrons. The lowest BCUT2D eigenvalue weighted by atomic mass is 10.1. The lowest BCUT2D eigenvalue weighted by molar-refractivity contribution is 0.100. The van der Waals surface area contributed by atoms with Crippen molar-refractivity contribution in [2.24, 2.45) is 5.73 Å². The molecule has 0 fully saturated rings. The molecule has 5 N–H and O–H groups in total. The second kappa shape index (κ2) is 5.96. The third-order valence-corrected chi connectivity index (χ3v) is 2.91. The van der Waals surface area contributed by atoms with Crippen LogP contribution >= 0.6 is 0 Å². The van der Waals surface area contributed by atoms with E-state index < -0.39 is 11.8 Å². The second-order valence-electron chi connectivity index (χ2n) is 4.32. The number of anilines is 2. The van der Waals surface area contributed by atoms with Gasteiger partial charge in [0.2, 0.25) is 0 Å². The third kappa shape index (κ3) is 3.11. The minimum Gasteiger partial charge on any atom is -0.496 e. The van der Waals surface area contributed by atoms with Crippen LogP contribution in [0.15, 0.2) is 42.5 Å². The summed E-state index contributed by atoms with van der Waals surface area (Å²) in [6.45, 7) is 0. The summed E-state index contributed by atoms with van der Waals surface area (Å²) in [6.07, 6.45) is 0. The second-order valence-corrected chi connectivity index (χ2v) is 4.32. The smallest absolute Gasteiger partial charge is 0.259 e. The van der Waals surface area contributed by atoms with E-state index in [-0.39, 0.29) is 5.56 Å². The van der Waals surface area contributed by atoms with Crippen LogP contribution in [0.25, 0.3) is 0 Å². The minimum absolute atomic E-state index is 0.236. The molecule has 0 aliphatic heterocycles. The van der Waals surface area contributed by atoms with Gasteiger partial charge in [0.05, 0.1) is 23.9 Å². The predicted molar refractivity (Wildman–Crippen MR) is 80.3 cm³/mol. The molecule has 2 aromatic carbocycles. The Morgan fingerprint density at radius 1 is 1.10 bits per heavy atom. The normalized spacial score (nSPS) is 9.95. The number of methoxy groups -OCH3 is 1. The summed E-state index contributed by atoms with van der Waals surface area (Å²) < 4.78 is 5.13. The first-order valence-corrected chi connectivity index (χ1v) is 6.16. The number of hydrogen-bond acceptors (Lipinski definition) is 4. The SMILES string of the molecule is COc1cc(N)ccc1C(=O)Nc1ccccc1C(N)=O. The van der Waals surface area contributed by atoms with Crippen molar-refractivity contribution in [2.45, 2.75) is 0 Å². The molecule has 0 aliphatic carbocycles. The van der Waals surface area contributed by atoms with Crippen LogP contribution in [0.1, 0.15) is 20.7 Å². The van der Waals surface area contributed by atoms with E-state index in [1.807, 2.05) is 0 Å². The summed E-state index contributed by atoms with van der Waals surface area (Å²) in [7, 11) is 1.45. The molecule has 0 heterocycles. The molecule has 2 rings (SSSR count). The van der Waals surface area contributed by atoms with Gasteiger partial charge >= 0.3 is 0 Å². The molecule has 0 unspecified atom stereocenters. The van der Waals surface area contributed by atoms with Crippen LogP contribution in [-0.2, 0) is 0 Å². The Balaban J connectivity index is 2.33. The Morgan fingerprint density at radius 3 is 2.48 bits per heavy atom. The fourth-order valence-electron chi connectivity index (χ4n) is 1.89. The van der Waals surface area contributed by atoms with Crippen LogP contribution < -0.4 is 21.5 Å². The molecule has 6 nitrogen and oxygen atoms in total. The Morgan fingerprint density at radius 2 is 1.81 bits per heavy atom. The van der Waals surface area contributed by atoms with Gasteiger partial charge in [0.1, 0.15) is 5.75 Å². The summed E-state index contributed by atoms with van der Waals surface area (Å²) in [6, 6.07) is 11.2. The van der Waals surface area contributed by atoms with E-state index in [2.05, 4.69) is 5.32 Å². The first kappa shape index (κ1) is 14.4. The summed E-state index contributed by atoms with van der Waals surface area (Å²) in [5.41, 5.74) is 12.3. The average molecular weight is 285 g/mol. The predicted octanol–water partition coefficient (Wildman–Crippen LogP) is 1.63. The highest BCUT2D eigenvalue weighted by Gasteiger charge is 2.15. The summed E-state index contributed by atoms with van der Waals surface area (Å²) in [4.78, 5) is 23.6. The highest BCUT2D eigenvalue weighted by Crippen LogP contribution is 2.23. The maximum atomic E-state index is 12.3. The Bertz CT molecular complexity index is 698. The monoisotopic (exact) mass is 285 g/mol. The van der Waals surface area contributed by atoms with Gasteiger partial charge in [-0.1, -0.05) is 12.1 Å². The van der Waals surface area contributed by atoms with Crippen LogP contribution in [0.5, 0.6) is 5.75 Å². The van der Waals surface area contributed by atoms with Gasteiger partial charge in [-0.15, -0.1) is 0 Å². The molecule has 0 bridgehead atoms. The zero-order valence-corrected chi connectivity index (χ0v) is 11.4. The maximum absolute atomic E-state index is 12.3. The van der Waals surface area contributed by atoms with Crippen molar-refractivity contribution in [3.63, 3.8) is 0 Å². The van der Waals surface area contributed by atoms with Gasteiger partial charge in [0.15, 0.2) is 0 Å². The van der Waals surface area contributed by atoms with E-state index in [0.717, 1.165) is 0 Å². The largest absolute Gasteiger partial charge is 0.496 e. The lowest BCUT2D eigenvalue weighted by Gasteiger charge is -2.11. The topological polar surface area (TPSA) is 107 Å². The minimum atomic E-state index is -0.616. The van der Waals surface area contributed by atoms with Gasteiger partial charge in [0.25, 0.3) is 11.8 Å². The number of rotatable bonds is 4. The van der Waals surface area contributed by atoms with Gasteiger partial charge < -0.3 is 21.5 Å². The molecule has 0 spiro atoms. The van der Waals surface area contributed by atoms with Crippen molar-refractivity contribution in [2.75, 3.05) is 18.2 Å². The number of para-hydroxylation sites is 1. The highest BCUT2D eigenvalue weighted by molar-refractivity contribution is 6.10. The summed E-state index contributed by atoms with van der Waals surface area (Å²) >= 11 is 0. The zero-order valence-electron chi connectivity index (χ0n) is 11.4. The van der Waals surface area contributed by atoms with E-state index in [9.17, 15) is 9.59 Å². The molecule has 108 valence electrons. The van der Waals surface area contributed by atoms with E-state index in [1.165, 1.54) is 13.2 Å². The molecule has 21 heavy (non-hydrogen) atoms. The van der Waals surface area contributed by atoms with Crippen molar-refractivity contribution in [3.8, 4) is 5.75 Å². The molecule has 2 aromatic rings. The van der Waals surface area contributed by atoms with Crippen molar-refractivity contribution >= 4 is 23.2 Å². The van der Waals surface area contributed by atoms with E-state index in [1.54, 1.807) is 36.4 Å². The molecule has 0 atom stereocenters. The fourth-order valence-corrected chi connectivity index (χ4v) is 1.89. The number of carbonyl (C=O) groups excluding carboxylic acids is 2. The number of nitrogens with one attached hydrogen (secondary N) is 1. The highest BCUT2D eigenvalue weighted by atomic mass is 16.5. The van der Waals surface area contributed by atoms with E-state index in [0.29, 0.717) is 22.7 Å². The molecular weight excluding hydrogens is 270 g/mol. The van der Waals surface area contributed by atoms with Gasteiger partial charge in [-0.3, -0.25) is 9.59 Å². The number of carbonyl (C=O) groups is 2. The first-order chi connectivity index (χ1) is 10.0. The summed E-state index contributed by atoms with van der Waals surface area (Å²) in [5, 5.41) is 2.64. The number of nitrogens with two attached hydrogens (primary N) is 2. The quantitative estimate of drug-likeness (QED) is 0.742. The van der Waals surface area contributed by atoms with E-state index in [4.69, 9.17) is 16.2 Å². The lowest BCUT2D eigenvalue weighted by Crippen LogP contribution is -2.18. The van der Waals surface area contributed by atoms with Crippen molar-refractivity contribution in [3.05, 3.63) is 53.6 Å². The van der Waals surface area contributed by atoms with E-state index >= 15 is 0 Å². The molecule has 0 saturated heterocycles. The van der Waals surface area contributed by atoms with Crippen molar-refractivity contribution in [1.29, 1.82) is 0 Å². The van der Waals surface area contributed by atoms with Crippen LogP contribution in [-0.4, -0.2) is 18.9 Å². The van der Waals surface area contributed by atoms with Gasteiger partial charge in [-0.25, -0.2) is 0 Å². The third-order valence-electron chi connectivity index (χ3n) is 2.91. The van der Waals surface area contributed by atoms with Gasteiger partial charge in [-0.2, -0.15) is 0 Å². The molecular formula is C15H15N3O3. The first-order valence-electron chi connectivity index (χ1n) is 6.16. The summed E-state index contributed by atoms with van der Waals surface area (Å²) in [5.74, 6) is -0.681. The number of primary amides is 1. The molecule has 2 amide bonds. The van der Waals surface area contributed by atoms with Crippen LogP contribution in [0, 0.1) is 0 Å². The van der Waals surface area contributed by atoms with Crippen LogP contribution in [0.4, 0.5) is 11.4 Å². The average Bonchev–Trinajstić information content (AvgIpc) is 2.47. The Labute approximate surface area is 121 Å². The molecule has 0 aliphatic rings. The van der Waals surface area contributed by atoms with Crippen molar-refractivity contribution < 1.29 is 14.3 Å². The number of nitrogen functional groups attached to an aromatic ring is 1. The number of amides is 2. The van der Waals surface area contributed by atoms with Gasteiger partial charge in [-0.05, 0) is 24.3 Å². The Hall–Kier alpha value is -3.02. The standard InChI is InChI=1S/C15H15N3O3/c1-21-13-8-9(16)6-7-11(13)15(20)18-12-5-3-2-4-10(12)14(17)19/h2-8H,16H2,1H3,(H2,17,19)(H,18,20). The van der Waals surface area contributed by atoms with Crippen LogP contribution in [0.2, 0.25) is 0 Å². The molecule has 6 heteroatoms. The number of benzene rings is 2. The maximum Gasteiger partial charge on any atom is 0.259 e. The van der Waals surface area contributed by atoms with Gasteiger partial charge in [0, 0.05) is 11.8 Å². The number of hydrogen-bond donors (Lipinski definition) is 3. The van der Waals surface area contributed by atoms with Crippen molar-refractivity contribution in [1.82, 2.24) is 0 Å².